The van der Waals surface area contributed by atoms with Crippen LogP contribution in [0.2, 0.25) is 0 Å². The van der Waals surface area contributed by atoms with Crippen molar-refractivity contribution >= 4 is 17.5 Å². The van der Waals surface area contributed by atoms with Gasteiger partial charge in [-0.1, -0.05) is 25.1 Å². The van der Waals surface area contributed by atoms with Crippen LogP contribution in [0.4, 0.5) is 5.69 Å². The summed E-state index contributed by atoms with van der Waals surface area (Å²) in [6, 6.07) is 15.0. The Morgan fingerprint density at radius 1 is 1.08 bits per heavy atom. The predicted molar refractivity (Wildman–Crippen MR) is 95.5 cm³/mol. The molecule has 0 saturated heterocycles. The normalized spacial score (nSPS) is 14.2. The third-order valence-corrected chi connectivity index (χ3v) is 4.52. The Kier molecular flexibility index (Phi) is 4.65. The molecular formula is C20H22N2O2. The Balaban J connectivity index is 1.74. The van der Waals surface area contributed by atoms with Crippen LogP contribution in [0.3, 0.4) is 0 Å². The van der Waals surface area contributed by atoms with Crippen LogP contribution in [0.25, 0.3) is 0 Å². The molecule has 0 aromatic heterocycles. The molecule has 1 atom stereocenters. The first kappa shape index (κ1) is 16.2. The van der Waals surface area contributed by atoms with E-state index in [1.807, 2.05) is 36.9 Å². The Bertz CT molecular complexity index is 752. The van der Waals surface area contributed by atoms with Gasteiger partial charge in [-0.05, 0) is 55.7 Å². The van der Waals surface area contributed by atoms with E-state index in [-0.39, 0.29) is 17.9 Å². The second kappa shape index (κ2) is 6.87. The summed E-state index contributed by atoms with van der Waals surface area (Å²) in [5, 5.41) is 2.93. The summed E-state index contributed by atoms with van der Waals surface area (Å²) < 4.78 is 0. The molecule has 0 radical (unpaired) electrons. The van der Waals surface area contributed by atoms with Gasteiger partial charge in [-0.2, -0.15) is 0 Å². The number of amides is 2. The summed E-state index contributed by atoms with van der Waals surface area (Å²) in [7, 11) is 0. The fraction of sp³-hybridized carbons (Fsp3) is 0.300. The predicted octanol–water partition coefficient (Wildman–Crippen LogP) is 3.42. The molecule has 2 aromatic rings. The maximum atomic E-state index is 12.7. The fourth-order valence-corrected chi connectivity index (χ4v) is 2.88. The SMILES string of the molecule is CCC(C)NC(=O)c1ccc(C(=O)N2CCc3ccccc32)cc1. The van der Waals surface area contributed by atoms with Crippen LogP contribution in [-0.2, 0) is 6.42 Å². The molecule has 0 aliphatic carbocycles. The first-order valence-corrected chi connectivity index (χ1v) is 8.41. The molecule has 1 unspecified atom stereocenters. The number of fused-ring (bicyclic) bond motifs is 1. The van der Waals surface area contributed by atoms with Gasteiger partial charge >= 0.3 is 0 Å². The van der Waals surface area contributed by atoms with Gasteiger partial charge in [0.25, 0.3) is 11.8 Å². The summed E-state index contributed by atoms with van der Waals surface area (Å²) in [5.74, 6) is -0.122. The summed E-state index contributed by atoms with van der Waals surface area (Å²) in [4.78, 5) is 26.7. The van der Waals surface area contributed by atoms with Crippen molar-refractivity contribution in [2.24, 2.45) is 0 Å². The number of carbonyl (C=O) groups excluding carboxylic acids is 2. The second-order valence-corrected chi connectivity index (χ2v) is 6.20. The average Bonchev–Trinajstić information content (AvgIpc) is 3.05. The largest absolute Gasteiger partial charge is 0.350 e. The minimum absolute atomic E-state index is 0.0196. The van der Waals surface area contributed by atoms with E-state index in [9.17, 15) is 9.59 Å². The molecule has 4 nitrogen and oxygen atoms in total. The molecule has 0 spiro atoms. The van der Waals surface area contributed by atoms with Gasteiger partial charge in [0.2, 0.25) is 0 Å². The number of benzene rings is 2. The number of para-hydroxylation sites is 1. The zero-order valence-electron chi connectivity index (χ0n) is 14.1. The molecule has 0 bridgehead atoms. The molecule has 0 saturated carbocycles. The number of nitrogens with zero attached hydrogens (tertiary/aromatic N) is 1. The minimum Gasteiger partial charge on any atom is -0.350 e. The molecule has 124 valence electrons. The van der Waals surface area contributed by atoms with E-state index in [0.29, 0.717) is 17.7 Å². The Hall–Kier alpha value is -2.62. The topological polar surface area (TPSA) is 49.4 Å². The lowest BCUT2D eigenvalue weighted by atomic mass is 10.1. The summed E-state index contributed by atoms with van der Waals surface area (Å²) in [6.07, 6.45) is 1.77. The molecular weight excluding hydrogens is 300 g/mol. The Morgan fingerprint density at radius 3 is 2.46 bits per heavy atom. The van der Waals surface area contributed by atoms with Crippen molar-refractivity contribution in [2.45, 2.75) is 32.7 Å². The fourth-order valence-electron chi connectivity index (χ4n) is 2.88. The maximum absolute atomic E-state index is 12.7. The standard InChI is InChI=1S/C20H22N2O2/c1-3-14(2)21-19(23)16-8-10-17(11-9-16)20(24)22-13-12-15-6-4-5-7-18(15)22/h4-11,14H,3,12-13H2,1-2H3,(H,21,23). The van der Waals surface area contributed by atoms with Crippen LogP contribution < -0.4 is 10.2 Å². The molecule has 3 rings (SSSR count). The number of nitrogens with one attached hydrogen (secondary N) is 1. The highest BCUT2D eigenvalue weighted by Crippen LogP contribution is 2.28. The third-order valence-electron chi connectivity index (χ3n) is 4.52. The molecule has 24 heavy (non-hydrogen) atoms. The van der Waals surface area contributed by atoms with Crippen LogP contribution in [0.1, 0.15) is 46.5 Å². The smallest absolute Gasteiger partial charge is 0.258 e. The van der Waals surface area contributed by atoms with Crippen molar-refractivity contribution in [3.8, 4) is 0 Å². The lowest BCUT2D eigenvalue weighted by Gasteiger charge is -2.17. The number of hydrogen-bond acceptors (Lipinski definition) is 2. The molecule has 1 heterocycles. The van der Waals surface area contributed by atoms with E-state index in [0.717, 1.165) is 18.5 Å². The van der Waals surface area contributed by atoms with Crippen LogP contribution in [0.5, 0.6) is 0 Å². The van der Waals surface area contributed by atoms with Gasteiger partial charge in [-0.15, -0.1) is 0 Å². The zero-order chi connectivity index (χ0) is 17.1. The van der Waals surface area contributed by atoms with Crippen LogP contribution in [-0.4, -0.2) is 24.4 Å². The number of anilines is 1. The lowest BCUT2D eigenvalue weighted by molar-refractivity contribution is 0.0936. The number of hydrogen-bond donors (Lipinski definition) is 1. The van der Waals surface area contributed by atoms with E-state index >= 15 is 0 Å². The van der Waals surface area contributed by atoms with Crippen molar-refractivity contribution in [3.63, 3.8) is 0 Å². The third kappa shape index (κ3) is 3.18. The van der Waals surface area contributed by atoms with Gasteiger partial charge in [0.1, 0.15) is 0 Å². The van der Waals surface area contributed by atoms with Gasteiger partial charge in [0, 0.05) is 29.4 Å². The molecule has 1 aliphatic heterocycles. The lowest BCUT2D eigenvalue weighted by Crippen LogP contribution is -2.32. The Labute approximate surface area is 142 Å². The van der Waals surface area contributed by atoms with Crippen molar-refractivity contribution < 1.29 is 9.59 Å². The van der Waals surface area contributed by atoms with Gasteiger partial charge in [0.15, 0.2) is 0 Å². The van der Waals surface area contributed by atoms with Crippen molar-refractivity contribution in [1.29, 1.82) is 0 Å². The number of rotatable bonds is 4. The molecule has 4 heteroatoms. The first-order chi connectivity index (χ1) is 11.6. The highest BCUT2D eigenvalue weighted by atomic mass is 16.2. The molecule has 1 N–H and O–H groups in total. The Morgan fingerprint density at radius 2 is 1.75 bits per heavy atom. The molecule has 2 aromatic carbocycles. The maximum Gasteiger partial charge on any atom is 0.258 e. The molecule has 0 fully saturated rings. The van der Waals surface area contributed by atoms with E-state index in [1.54, 1.807) is 24.3 Å². The summed E-state index contributed by atoms with van der Waals surface area (Å²) in [6.45, 7) is 4.70. The van der Waals surface area contributed by atoms with E-state index in [2.05, 4.69) is 11.4 Å². The molecule has 2 amide bonds. The van der Waals surface area contributed by atoms with E-state index in [4.69, 9.17) is 0 Å². The zero-order valence-corrected chi connectivity index (χ0v) is 14.1. The van der Waals surface area contributed by atoms with Gasteiger partial charge in [-0.3, -0.25) is 9.59 Å². The van der Waals surface area contributed by atoms with Crippen molar-refractivity contribution in [2.75, 3.05) is 11.4 Å². The van der Waals surface area contributed by atoms with E-state index < -0.39 is 0 Å². The number of carbonyl (C=O) groups is 2. The highest BCUT2D eigenvalue weighted by Gasteiger charge is 2.25. The second-order valence-electron chi connectivity index (χ2n) is 6.20. The van der Waals surface area contributed by atoms with Gasteiger partial charge in [0.05, 0.1) is 0 Å². The summed E-state index contributed by atoms with van der Waals surface area (Å²) in [5.41, 5.74) is 3.37. The van der Waals surface area contributed by atoms with Crippen LogP contribution >= 0.6 is 0 Å². The minimum atomic E-state index is -0.102. The monoisotopic (exact) mass is 322 g/mol. The van der Waals surface area contributed by atoms with Crippen LogP contribution in [0.15, 0.2) is 48.5 Å². The summed E-state index contributed by atoms with van der Waals surface area (Å²) >= 11 is 0. The van der Waals surface area contributed by atoms with E-state index in [1.165, 1.54) is 5.56 Å². The van der Waals surface area contributed by atoms with Crippen molar-refractivity contribution in [3.05, 3.63) is 65.2 Å². The van der Waals surface area contributed by atoms with Gasteiger partial charge < -0.3 is 10.2 Å². The highest BCUT2D eigenvalue weighted by molar-refractivity contribution is 6.07. The van der Waals surface area contributed by atoms with Crippen LogP contribution in [0, 0.1) is 0 Å². The van der Waals surface area contributed by atoms with Gasteiger partial charge in [-0.25, -0.2) is 0 Å². The van der Waals surface area contributed by atoms with Crippen molar-refractivity contribution in [1.82, 2.24) is 5.32 Å². The average molecular weight is 322 g/mol. The quantitative estimate of drug-likeness (QED) is 0.937. The molecule has 1 aliphatic rings. The first-order valence-electron chi connectivity index (χ1n) is 8.41.